The molecule has 0 fully saturated rings. The lowest BCUT2D eigenvalue weighted by Gasteiger charge is -2.09. The largest absolute Gasteiger partial charge is 0.272 e. The predicted octanol–water partition coefficient (Wildman–Crippen LogP) is 4.51. The third-order valence-electron chi connectivity index (χ3n) is 4.09. The van der Waals surface area contributed by atoms with Crippen LogP contribution in [-0.4, -0.2) is 21.6 Å². The topological polar surface area (TPSA) is 67.2 Å². The molecule has 1 amide bonds. The van der Waals surface area contributed by atoms with Crippen LogP contribution >= 0.6 is 11.3 Å². The van der Waals surface area contributed by atoms with E-state index >= 15 is 0 Å². The lowest BCUT2D eigenvalue weighted by molar-refractivity contribution is 0.0956. The Morgan fingerprint density at radius 2 is 1.89 bits per heavy atom. The quantitative estimate of drug-likeness (QED) is 0.423. The number of nitrogens with zero attached hydrogens (tertiary/aromatic N) is 3. The third-order valence-corrected chi connectivity index (χ3v) is 5.07. The first-order valence-electron chi connectivity index (χ1n) is 8.42. The van der Waals surface area contributed by atoms with E-state index in [9.17, 15) is 4.79 Å². The lowest BCUT2D eigenvalue weighted by atomic mass is 10.1. The molecule has 4 rings (SSSR count). The van der Waals surface area contributed by atoms with Gasteiger partial charge < -0.3 is 0 Å². The van der Waals surface area contributed by atoms with E-state index < -0.39 is 0 Å². The zero-order valence-electron chi connectivity index (χ0n) is 14.6. The van der Waals surface area contributed by atoms with Crippen molar-refractivity contribution in [1.82, 2.24) is 15.4 Å². The Bertz CT molecular complexity index is 1120. The minimum atomic E-state index is -0.276. The predicted molar refractivity (Wildman–Crippen MR) is 109 cm³/mol. The van der Waals surface area contributed by atoms with E-state index in [-0.39, 0.29) is 5.91 Å². The van der Waals surface area contributed by atoms with E-state index in [0.29, 0.717) is 11.3 Å². The average molecular weight is 372 g/mol. The Morgan fingerprint density at radius 3 is 2.67 bits per heavy atom. The number of carbonyl (C=O) groups excluding carboxylic acids is 1. The van der Waals surface area contributed by atoms with Gasteiger partial charge in [0.2, 0.25) is 0 Å². The first kappa shape index (κ1) is 17.1. The van der Waals surface area contributed by atoms with E-state index in [4.69, 9.17) is 0 Å². The maximum absolute atomic E-state index is 12.9. The molecule has 132 valence electrons. The summed E-state index contributed by atoms with van der Waals surface area (Å²) >= 11 is 1.58. The second-order valence-electron chi connectivity index (χ2n) is 5.90. The van der Waals surface area contributed by atoms with Gasteiger partial charge in [-0.2, -0.15) is 5.10 Å². The standard InChI is InChI=1S/C21H16N4OS/c1-14(20-10-6-12-27-20)24-25-21(26)16-13-19(18-9-4-5-11-22-18)23-17-8-3-2-7-15(16)17/h2-13H,1H3,(H,25,26)/b24-14-. The molecule has 0 bridgehead atoms. The van der Waals surface area contributed by atoms with E-state index in [0.717, 1.165) is 27.2 Å². The van der Waals surface area contributed by atoms with E-state index in [1.165, 1.54) is 0 Å². The summed E-state index contributed by atoms with van der Waals surface area (Å²) in [5, 5.41) is 7.00. The van der Waals surface area contributed by atoms with E-state index in [1.807, 2.05) is 66.9 Å². The normalized spacial score (nSPS) is 11.5. The van der Waals surface area contributed by atoms with Gasteiger partial charge in [0.25, 0.3) is 5.91 Å². The molecule has 0 aliphatic heterocycles. The monoisotopic (exact) mass is 372 g/mol. The van der Waals surface area contributed by atoms with Crippen molar-refractivity contribution < 1.29 is 4.79 Å². The Labute approximate surface area is 160 Å². The molecule has 5 nitrogen and oxygen atoms in total. The van der Waals surface area contributed by atoms with E-state index in [1.54, 1.807) is 23.6 Å². The van der Waals surface area contributed by atoms with Crippen LogP contribution in [0.3, 0.4) is 0 Å². The Hall–Kier alpha value is -3.38. The highest BCUT2D eigenvalue weighted by Crippen LogP contribution is 2.23. The Kier molecular flexibility index (Phi) is 4.72. The van der Waals surface area contributed by atoms with Crippen LogP contribution in [0.15, 0.2) is 77.3 Å². The van der Waals surface area contributed by atoms with Crippen molar-refractivity contribution in [2.75, 3.05) is 0 Å². The van der Waals surface area contributed by atoms with Gasteiger partial charge in [-0.1, -0.05) is 30.3 Å². The molecule has 0 saturated carbocycles. The molecular formula is C21H16N4OS. The number of fused-ring (bicyclic) bond motifs is 1. The summed E-state index contributed by atoms with van der Waals surface area (Å²) in [6.07, 6.45) is 1.71. The van der Waals surface area contributed by atoms with Gasteiger partial charge in [-0.3, -0.25) is 9.78 Å². The summed E-state index contributed by atoms with van der Waals surface area (Å²) in [5.41, 5.74) is 6.06. The van der Waals surface area contributed by atoms with Gasteiger partial charge in [-0.25, -0.2) is 10.4 Å². The molecule has 3 aromatic heterocycles. The molecule has 4 aromatic rings. The van der Waals surface area contributed by atoms with E-state index in [2.05, 4.69) is 20.5 Å². The van der Waals surface area contributed by atoms with Gasteiger partial charge in [0.15, 0.2) is 0 Å². The summed E-state index contributed by atoms with van der Waals surface area (Å²) in [7, 11) is 0. The first-order valence-corrected chi connectivity index (χ1v) is 9.30. The number of nitrogens with one attached hydrogen (secondary N) is 1. The second kappa shape index (κ2) is 7.47. The summed E-state index contributed by atoms with van der Waals surface area (Å²) in [6, 6.07) is 18.9. The number of benzene rings is 1. The van der Waals surface area contributed by atoms with Crippen molar-refractivity contribution in [1.29, 1.82) is 0 Å². The number of para-hydroxylation sites is 1. The fourth-order valence-electron chi connectivity index (χ4n) is 2.74. The molecule has 6 heteroatoms. The Balaban J connectivity index is 1.73. The number of amides is 1. The minimum Gasteiger partial charge on any atom is -0.267 e. The smallest absolute Gasteiger partial charge is 0.267 e. The van der Waals surface area contributed by atoms with Crippen LogP contribution in [0.4, 0.5) is 0 Å². The number of aromatic nitrogens is 2. The van der Waals surface area contributed by atoms with Crippen molar-refractivity contribution in [3.63, 3.8) is 0 Å². The van der Waals surface area contributed by atoms with Gasteiger partial charge >= 0.3 is 0 Å². The van der Waals surface area contributed by atoms with Crippen LogP contribution in [0, 0.1) is 0 Å². The van der Waals surface area contributed by atoms with Crippen LogP contribution in [0.5, 0.6) is 0 Å². The molecule has 0 spiro atoms. The fraction of sp³-hybridized carbons (Fsp3) is 0.0476. The second-order valence-corrected chi connectivity index (χ2v) is 6.85. The number of thiophene rings is 1. The lowest BCUT2D eigenvalue weighted by Crippen LogP contribution is -2.19. The zero-order valence-corrected chi connectivity index (χ0v) is 15.4. The van der Waals surface area contributed by atoms with Gasteiger partial charge in [0.05, 0.1) is 28.2 Å². The number of carbonyl (C=O) groups is 1. The zero-order chi connectivity index (χ0) is 18.6. The molecule has 0 aliphatic rings. The third kappa shape index (κ3) is 3.61. The average Bonchev–Trinajstić information content (AvgIpc) is 3.26. The highest BCUT2D eigenvalue weighted by Gasteiger charge is 2.14. The molecule has 0 radical (unpaired) electrons. The molecule has 27 heavy (non-hydrogen) atoms. The van der Waals surface area contributed by atoms with Crippen molar-refractivity contribution in [2.45, 2.75) is 6.92 Å². The number of hydrazone groups is 1. The molecule has 3 heterocycles. The summed E-state index contributed by atoms with van der Waals surface area (Å²) in [6.45, 7) is 1.87. The highest BCUT2D eigenvalue weighted by molar-refractivity contribution is 7.12. The van der Waals surface area contributed by atoms with Gasteiger partial charge in [-0.05, 0) is 42.6 Å². The highest BCUT2D eigenvalue weighted by atomic mass is 32.1. The molecule has 1 N–H and O–H groups in total. The van der Waals surface area contributed by atoms with Crippen LogP contribution in [-0.2, 0) is 0 Å². The Morgan fingerprint density at radius 1 is 1.04 bits per heavy atom. The molecular weight excluding hydrogens is 356 g/mol. The molecule has 0 saturated heterocycles. The fourth-order valence-corrected chi connectivity index (χ4v) is 3.42. The number of hydrogen-bond acceptors (Lipinski definition) is 5. The van der Waals surface area contributed by atoms with Crippen LogP contribution in [0.1, 0.15) is 22.2 Å². The summed E-state index contributed by atoms with van der Waals surface area (Å²) in [4.78, 5) is 22.9. The summed E-state index contributed by atoms with van der Waals surface area (Å²) in [5.74, 6) is -0.276. The van der Waals surface area contributed by atoms with Gasteiger partial charge in [-0.15, -0.1) is 11.3 Å². The van der Waals surface area contributed by atoms with Crippen LogP contribution < -0.4 is 5.43 Å². The molecule has 0 atom stereocenters. The van der Waals surface area contributed by atoms with Crippen LogP contribution in [0.25, 0.3) is 22.3 Å². The number of hydrogen-bond donors (Lipinski definition) is 1. The summed E-state index contributed by atoms with van der Waals surface area (Å²) < 4.78 is 0. The number of pyridine rings is 2. The van der Waals surface area contributed by atoms with Crippen molar-refractivity contribution in [3.8, 4) is 11.4 Å². The maximum atomic E-state index is 12.9. The van der Waals surface area contributed by atoms with Gasteiger partial charge in [0.1, 0.15) is 0 Å². The SMILES string of the molecule is C/C(=N/NC(=O)c1cc(-c2ccccn2)nc2ccccc12)c1cccs1. The van der Waals surface area contributed by atoms with Crippen LogP contribution in [0.2, 0.25) is 0 Å². The van der Waals surface area contributed by atoms with Gasteiger partial charge in [0, 0.05) is 16.5 Å². The molecule has 0 unspecified atom stereocenters. The maximum Gasteiger partial charge on any atom is 0.272 e. The minimum absolute atomic E-state index is 0.276. The first-order chi connectivity index (χ1) is 13.2. The van der Waals surface area contributed by atoms with Crippen molar-refractivity contribution in [3.05, 3.63) is 82.7 Å². The number of rotatable bonds is 4. The molecule has 0 aliphatic carbocycles. The van der Waals surface area contributed by atoms with Crippen molar-refractivity contribution in [2.24, 2.45) is 5.10 Å². The van der Waals surface area contributed by atoms with Crippen molar-refractivity contribution >= 4 is 33.9 Å². The molecule has 1 aromatic carbocycles.